The number of carbonyl (C=O) groups is 2. The molecule has 4 rings (SSSR count). The molecule has 0 radical (unpaired) electrons. The van der Waals surface area contributed by atoms with Gasteiger partial charge in [0.2, 0.25) is 0 Å². The third-order valence-electron chi connectivity index (χ3n) is 5.15. The maximum atomic E-state index is 13.4. The van der Waals surface area contributed by atoms with Crippen molar-refractivity contribution in [2.45, 2.75) is 25.4 Å². The second-order valence-corrected chi connectivity index (χ2v) is 7.94. The van der Waals surface area contributed by atoms with Crippen molar-refractivity contribution in [2.75, 3.05) is 0 Å². The number of carboxylic acids is 1. The van der Waals surface area contributed by atoms with E-state index in [1.165, 1.54) is 4.90 Å². The third kappa shape index (κ3) is 3.64. The molecule has 1 N–H and O–H groups in total. The number of hydrogen-bond acceptors (Lipinski definition) is 4. The number of benzene rings is 2. The first-order valence-electron chi connectivity index (χ1n) is 9.22. The van der Waals surface area contributed by atoms with Crippen molar-refractivity contribution in [3.05, 3.63) is 93.0 Å². The van der Waals surface area contributed by atoms with Gasteiger partial charge in [0, 0.05) is 21.8 Å². The van der Waals surface area contributed by atoms with Gasteiger partial charge < -0.3 is 10.0 Å². The van der Waals surface area contributed by atoms with E-state index in [-0.39, 0.29) is 12.5 Å². The molecule has 2 heterocycles. The smallest absolute Gasteiger partial charge is 0.313 e. The lowest BCUT2D eigenvalue weighted by Gasteiger charge is -2.41. The van der Waals surface area contributed by atoms with E-state index in [0.717, 1.165) is 5.69 Å². The molecule has 3 aromatic rings. The first-order chi connectivity index (χ1) is 14.4. The quantitative estimate of drug-likeness (QED) is 0.636. The minimum atomic E-state index is -1.05. The molecule has 0 spiro atoms. The minimum Gasteiger partial charge on any atom is -0.481 e. The number of aliphatic carboxylic acids is 1. The van der Waals surface area contributed by atoms with Gasteiger partial charge in [0.05, 0.1) is 30.2 Å². The molecule has 0 bridgehead atoms. The Bertz CT molecular complexity index is 1130. The van der Waals surface area contributed by atoms with Gasteiger partial charge in [0.25, 0.3) is 5.91 Å². The van der Waals surface area contributed by atoms with E-state index in [4.69, 9.17) is 23.2 Å². The van der Waals surface area contributed by atoms with Crippen LogP contribution in [0.15, 0.2) is 54.9 Å². The van der Waals surface area contributed by atoms with E-state index in [2.05, 4.69) is 9.97 Å². The van der Waals surface area contributed by atoms with Gasteiger partial charge in [-0.15, -0.1) is 0 Å². The lowest BCUT2D eigenvalue weighted by atomic mass is 9.79. The first kappa shape index (κ1) is 20.3. The van der Waals surface area contributed by atoms with Crippen LogP contribution in [0.2, 0.25) is 10.0 Å². The fourth-order valence-electron chi connectivity index (χ4n) is 3.80. The number of aryl methyl sites for hydroxylation is 1. The zero-order chi connectivity index (χ0) is 21.4. The van der Waals surface area contributed by atoms with Crippen molar-refractivity contribution in [1.82, 2.24) is 14.9 Å². The lowest BCUT2D eigenvalue weighted by molar-refractivity contribution is -0.140. The summed E-state index contributed by atoms with van der Waals surface area (Å²) in [6.45, 7) is 1.91. The molecule has 2 unspecified atom stereocenters. The number of carboxylic acid groups (broad SMARTS) is 1. The largest absolute Gasteiger partial charge is 0.481 e. The van der Waals surface area contributed by atoms with E-state index in [1.807, 2.05) is 6.92 Å². The molecular formula is C22H17Cl2N3O3. The molecule has 0 saturated carbocycles. The lowest BCUT2D eigenvalue weighted by Crippen LogP contribution is -2.44. The highest BCUT2D eigenvalue weighted by Gasteiger charge is 2.45. The van der Waals surface area contributed by atoms with Crippen molar-refractivity contribution in [2.24, 2.45) is 0 Å². The minimum absolute atomic E-state index is 0.0911. The molecule has 6 nitrogen and oxygen atoms in total. The molecule has 0 aliphatic carbocycles. The van der Waals surface area contributed by atoms with Crippen LogP contribution in [0.1, 0.15) is 44.8 Å². The first-order valence-corrected chi connectivity index (χ1v) is 9.97. The molecule has 1 aromatic heterocycles. The number of fused-ring (bicyclic) bond motifs is 1. The van der Waals surface area contributed by atoms with Crippen LogP contribution in [0.3, 0.4) is 0 Å². The SMILES string of the molecule is Cc1cnc(CN2C(=O)c3ccccc3C(C(=O)O)C2c2ccc(Cl)cc2Cl)cn1. The average molecular weight is 442 g/mol. The van der Waals surface area contributed by atoms with Gasteiger partial charge >= 0.3 is 5.97 Å². The number of halogens is 2. The average Bonchev–Trinajstić information content (AvgIpc) is 2.71. The summed E-state index contributed by atoms with van der Waals surface area (Å²) in [6.07, 6.45) is 3.19. The third-order valence-corrected chi connectivity index (χ3v) is 5.72. The summed E-state index contributed by atoms with van der Waals surface area (Å²) in [5, 5.41) is 10.9. The van der Waals surface area contributed by atoms with Gasteiger partial charge in [-0.1, -0.05) is 47.5 Å². The van der Waals surface area contributed by atoms with Crippen LogP contribution >= 0.6 is 23.2 Å². The number of carbonyl (C=O) groups excluding carboxylic acids is 1. The standard InChI is InChI=1S/C22H17Cl2N3O3/c1-12-9-26-14(10-25-12)11-27-20(17-7-6-13(23)8-18(17)24)19(22(29)30)15-4-2-3-5-16(15)21(27)28/h2-10,19-20H,11H2,1H3,(H,29,30). The molecule has 8 heteroatoms. The fourth-order valence-corrected chi connectivity index (χ4v) is 4.32. The van der Waals surface area contributed by atoms with E-state index < -0.39 is 17.9 Å². The Balaban J connectivity index is 1.90. The summed E-state index contributed by atoms with van der Waals surface area (Å²) in [5.41, 5.74) is 2.61. The summed E-state index contributed by atoms with van der Waals surface area (Å²) in [4.78, 5) is 35.9. The van der Waals surface area contributed by atoms with Crippen LogP contribution in [-0.4, -0.2) is 31.9 Å². The Morgan fingerprint density at radius 1 is 1.10 bits per heavy atom. The Hall–Kier alpha value is -2.96. The Morgan fingerprint density at radius 3 is 2.53 bits per heavy atom. The van der Waals surface area contributed by atoms with E-state index in [9.17, 15) is 14.7 Å². The fraction of sp³-hybridized carbons (Fsp3) is 0.182. The van der Waals surface area contributed by atoms with E-state index >= 15 is 0 Å². The van der Waals surface area contributed by atoms with Crippen LogP contribution in [0.5, 0.6) is 0 Å². The topological polar surface area (TPSA) is 83.4 Å². The Labute approximate surface area is 183 Å². The number of rotatable bonds is 4. The summed E-state index contributed by atoms with van der Waals surface area (Å²) in [6, 6.07) is 10.8. The predicted octanol–water partition coefficient (Wildman–Crippen LogP) is 4.66. The Kier molecular flexibility index (Phi) is 5.45. The van der Waals surface area contributed by atoms with Gasteiger partial charge in [-0.2, -0.15) is 0 Å². The molecule has 0 saturated heterocycles. The molecule has 2 aromatic carbocycles. The van der Waals surface area contributed by atoms with Crippen LogP contribution in [0, 0.1) is 6.92 Å². The van der Waals surface area contributed by atoms with Crippen molar-refractivity contribution in [3.63, 3.8) is 0 Å². The monoisotopic (exact) mass is 441 g/mol. The van der Waals surface area contributed by atoms with Gasteiger partial charge in [-0.3, -0.25) is 19.6 Å². The van der Waals surface area contributed by atoms with E-state index in [0.29, 0.717) is 32.4 Å². The summed E-state index contributed by atoms with van der Waals surface area (Å²) >= 11 is 12.5. The summed E-state index contributed by atoms with van der Waals surface area (Å²) in [5.74, 6) is -2.34. The van der Waals surface area contributed by atoms with Gasteiger partial charge in [-0.25, -0.2) is 0 Å². The summed E-state index contributed by atoms with van der Waals surface area (Å²) < 4.78 is 0. The van der Waals surface area contributed by atoms with Gasteiger partial charge in [-0.05, 0) is 36.2 Å². The number of amides is 1. The second-order valence-electron chi connectivity index (χ2n) is 7.10. The number of nitrogens with zero attached hydrogens (tertiary/aromatic N) is 3. The number of hydrogen-bond donors (Lipinski definition) is 1. The maximum Gasteiger partial charge on any atom is 0.313 e. The molecule has 30 heavy (non-hydrogen) atoms. The zero-order valence-corrected chi connectivity index (χ0v) is 17.4. The van der Waals surface area contributed by atoms with Crippen LogP contribution in [0.4, 0.5) is 0 Å². The molecule has 0 fully saturated rings. The molecule has 1 aliphatic rings. The highest BCUT2D eigenvalue weighted by atomic mass is 35.5. The molecular weight excluding hydrogens is 425 g/mol. The Morgan fingerprint density at radius 2 is 1.87 bits per heavy atom. The second kappa shape index (κ2) is 8.05. The maximum absolute atomic E-state index is 13.4. The molecule has 2 atom stereocenters. The molecule has 1 amide bonds. The van der Waals surface area contributed by atoms with Crippen molar-refractivity contribution < 1.29 is 14.7 Å². The highest BCUT2D eigenvalue weighted by molar-refractivity contribution is 6.35. The zero-order valence-electron chi connectivity index (χ0n) is 15.9. The molecule has 1 aliphatic heterocycles. The van der Waals surface area contributed by atoms with Crippen molar-refractivity contribution >= 4 is 35.1 Å². The van der Waals surface area contributed by atoms with E-state index in [1.54, 1.807) is 54.9 Å². The van der Waals surface area contributed by atoms with Gasteiger partial charge in [0.1, 0.15) is 5.92 Å². The van der Waals surface area contributed by atoms with Crippen LogP contribution < -0.4 is 0 Å². The summed E-state index contributed by atoms with van der Waals surface area (Å²) in [7, 11) is 0. The molecule has 152 valence electrons. The van der Waals surface area contributed by atoms with Gasteiger partial charge in [0.15, 0.2) is 0 Å². The normalized spacial score (nSPS) is 18.2. The predicted molar refractivity (Wildman–Crippen MR) is 113 cm³/mol. The van der Waals surface area contributed by atoms with Crippen LogP contribution in [0.25, 0.3) is 0 Å². The van der Waals surface area contributed by atoms with Crippen molar-refractivity contribution in [1.29, 1.82) is 0 Å². The van der Waals surface area contributed by atoms with Crippen molar-refractivity contribution in [3.8, 4) is 0 Å². The highest BCUT2D eigenvalue weighted by Crippen LogP contribution is 2.45. The number of aromatic nitrogens is 2. The van der Waals surface area contributed by atoms with Crippen LogP contribution in [-0.2, 0) is 11.3 Å².